The SMILES string of the molecule is CC(Sc1nnc(-c2c[nH]c3ccccc23)n1C1CC1)C(=O)NC1CC1. The van der Waals surface area contributed by atoms with Crippen LogP contribution >= 0.6 is 11.8 Å². The maximum Gasteiger partial charge on any atom is 0.233 e. The molecule has 2 aliphatic carbocycles. The Morgan fingerprint density at radius 3 is 2.85 bits per heavy atom. The number of aromatic amines is 1. The summed E-state index contributed by atoms with van der Waals surface area (Å²) < 4.78 is 2.22. The van der Waals surface area contributed by atoms with Crippen LogP contribution in [0.3, 0.4) is 0 Å². The van der Waals surface area contributed by atoms with Gasteiger partial charge in [-0.1, -0.05) is 30.0 Å². The second-order valence-electron chi connectivity index (χ2n) is 7.20. The number of para-hydroxylation sites is 1. The van der Waals surface area contributed by atoms with Gasteiger partial charge in [-0.15, -0.1) is 10.2 Å². The number of rotatable bonds is 6. The van der Waals surface area contributed by atoms with E-state index in [0.29, 0.717) is 12.1 Å². The molecule has 6 nitrogen and oxygen atoms in total. The minimum atomic E-state index is -0.173. The summed E-state index contributed by atoms with van der Waals surface area (Å²) in [5.74, 6) is 0.985. The summed E-state index contributed by atoms with van der Waals surface area (Å²) in [5.41, 5.74) is 2.17. The van der Waals surface area contributed by atoms with Crippen LogP contribution in [0.1, 0.15) is 38.6 Å². The van der Waals surface area contributed by atoms with Crippen LogP contribution in [0.2, 0.25) is 0 Å². The summed E-state index contributed by atoms with van der Waals surface area (Å²) in [6, 6.07) is 9.05. The van der Waals surface area contributed by atoms with Crippen molar-refractivity contribution in [1.82, 2.24) is 25.1 Å². The Morgan fingerprint density at radius 1 is 1.27 bits per heavy atom. The highest BCUT2D eigenvalue weighted by Crippen LogP contribution is 2.42. The normalized spacial score (nSPS) is 18.2. The number of hydrogen-bond donors (Lipinski definition) is 2. The molecule has 2 saturated carbocycles. The first kappa shape index (κ1) is 15.9. The fraction of sp³-hybridized carbons (Fsp3) is 0.421. The maximum atomic E-state index is 12.3. The first-order valence-electron chi connectivity index (χ1n) is 9.19. The van der Waals surface area contributed by atoms with Crippen molar-refractivity contribution in [3.63, 3.8) is 0 Å². The Labute approximate surface area is 155 Å². The average molecular weight is 367 g/mol. The van der Waals surface area contributed by atoms with Crippen molar-refractivity contribution in [1.29, 1.82) is 0 Å². The number of carbonyl (C=O) groups is 1. The van der Waals surface area contributed by atoms with Crippen LogP contribution < -0.4 is 5.32 Å². The number of carbonyl (C=O) groups excluding carboxylic acids is 1. The minimum absolute atomic E-state index is 0.0940. The van der Waals surface area contributed by atoms with E-state index in [2.05, 4.69) is 37.2 Å². The molecule has 26 heavy (non-hydrogen) atoms. The Balaban J connectivity index is 1.47. The summed E-state index contributed by atoms with van der Waals surface area (Å²) in [5, 5.41) is 13.8. The van der Waals surface area contributed by atoms with Crippen molar-refractivity contribution in [2.45, 2.75) is 55.1 Å². The van der Waals surface area contributed by atoms with E-state index < -0.39 is 0 Å². The van der Waals surface area contributed by atoms with Crippen LogP contribution in [-0.4, -0.2) is 36.9 Å². The topological polar surface area (TPSA) is 75.6 Å². The molecule has 0 aliphatic heterocycles. The molecule has 2 heterocycles. The predicted molar refractivity (Wildman–Crippen MR) is 102 cm³/mol. The van der Waals surface area contributed by atoms with Gasteiger partial charge in [0.25, 0.3) is 0 Å². The molecule has 1 unspecified atom stereocenters. The number of fused-ring (bicyclic) bond motifs is 1. The van der Waals surface area contributed by atoms with Crippen molar-refractivity contribution in [3.05, 3.63) is 30.5 Å². The Bertz CT molecular complexity index is 969. The summed E-state index contributed by atoms with van der Waals surface area (Å²) in [6.07, 6.45) is 6.50. The molecule has 1 aromatic carbocycles. The van der Waals surface area contributed by atoms with Crippen LogP contribution in [0.25, 0.3) is 22.3 Å². The van der Waals surface area contributed by atoms with E-state index in [1.807, 2.05) is 25.3 Å². The van der Waals surface area contributed by atoms with Crippen molar-refractivity contribution in [3.8, 4) is 11.4 Å². The fourth-order valence-electron chi connectivity index (χ4n) is 3.22. The zero-order chi connectivity index (χ0) is 17.7. The average Bonchev–Trinajstić information content (AvgIpc) is 3.57. The molecule has 1 atom stereocenters. The first-order valence-corrected chi connectivity index (χ1v) is 10.1. The predicted octanol–water partition coefficient (Wildman–Crippen LogP) is 3.52. The second kappa shape index (κ2) is 6.16. The van der Waals surface area contributed by atoms with Crippen molar-refractivity contribution < 1.29 is 4.79 Å². The number of H-pyrrole nitrogens is 1. The van der Waals surface area contributed by atoms with E-state index in [1.54, 1.807) is 0 Å². The smallest absolute Gasteiger partial charge is 0.233 e. The van der Waals surface area contributed by atoms with Crippen LogP contribution in [0.15, 0.2) is 35.6 Å². The third kappa shape index (κ3) is 2.90. The third-order valence-electron chi connectivity index (χ3n) is 4.98. The number of nitrogens with one attached hydrogen (secondary N) is 2. The minimum Gasteiger partial charge on any atom is -0.360 e. The molecular weight excluding hydrogens is 346 g/mol. The quantitative estimate of drug-likeness (QED) is 0.654. The molecule has 3 aromatic rings. The summed E-state index contributed by atoms with van der Waals surface area (Å²) >= 11 is 1.51. The Hall–Kier alpha value is -2.28. The fourth-order valence-corrected chi connectivity index (χ4v) is 4.15. The molecule has 2 aliphatic rings. The highest BCUT2D eigenvalue weighted by Gasteiger charge is 2.33. The van der Waals surface area contributed by atoms with E-state index in [9.17, 15) is 4.79 Å². The number of hydrogen-bond acceptors (Lipinski definition) is 4. The van der Waals surface area contributed by atoms with Crippen LogP contribution in [-0.2, 0) is 4.79 Å². The van der Waals surface area contributed by atoms with Crippen molar-refractivity contribution in [2.24, 2.45) is 0 Å². The molecule has 0 bridgehead atoms. The van der Waals surface area contributed by atoms with Gasteiger partial charge in [0.1, 0.15) is 0 Å². The molecule has 0 spiro atoms. The van der Waals surface area contributed by atoms with E-state index in [1.165, 1.54) is 11.8 Å². The van der Waals surface area contributed by atoms with E-state index >= 15 is 0 Å². The van der Waals surface area contributed by atoms with E-state index in [-0.39, 0.29) is 11.2 Å². The van der Waals surface area contributed by atoms with Gasteiger partial charge >= 0.3 is 0 Å². The lowest BCUT2D eigenvalue weighted by atomic mass is 10.1. The molecule has 2 aromatic heterocycles. The van der Waals surface area contributed by atoms with Gasteiger partial charge in [-0.2, -0.15) is 0 Å². The Morgan fingerprint density at radius 2 is 2.08 bits per heavy atom. The molecular formula is C19H21N5OS. The van der Waals surface area contributed by atoms with Gasteiger partial charge in [0.05, 0.1) is 5.25 Å². The maximum absolute atomic E-state index is 12.3. The summed E-state index contributed by atoms with van der Waals surface area (Å²) in [7, 11) is 0. The van der Waals surface area contributed by atoms with Gasteiger partial charge in [-0.05, 0) is 38.7 Å². The zero-order valence-corrected chi connectivity index (χ0v) is 15.4. The zero-order valence-electron chi connectivity index (χ0n) is 14.6. The highest BCUT2D eigenvalue weighted by atomic mass is 32.2. The van der Waals surface area contributed by atoms with Crippen LogP contribution in [0, 0.1) is 0 Å². The number of amides is 1. The summed E-state index contributed by atoms with van der Waals surface area (Å²) in [4.78, 5) is 15.6. The number of nitrogens with zero attached hydrogens (tertiary/aromatic N) is 3. The molecule has 1 amide bonds. The van der Waals surface area contributed by atoms with Crippen LogP contribution in [0.5, 0.6) is 0 Å². The molecule has 5 rings (SSSR count). The van der Waals surface area contributed by atoms with Gasteiger partial charge in [0.2, 0.25) is 5.91 Å². The highest BCUT2D eigenvalue weighted by molar-refractivity contribution is 8.00. The largest absolute Gasteiger partial charge is 0.360 e. The second-order valence-corrected chi connectivity index (χ2v) is 8.51. The van der Waals surface area contributed by atoms with Gasteiger partial charge in [-0.25, -0.2) is 0 Å². The third-order valence-corrected chi connectivity index (χ3v) is 6.04. The van der Waals surface area contributed by atoms with E-state index in [4.69, 9.17) is 0 Å². The lowest BCUT2D eigenvalue weighted by Gasteiger charge is -2.13. The molecule has 2 N–H and O–H groups in total. The van der Waals surface area contributed by atoms with Gasteiger partial charge in [0, 0.05) is 34.7 Å². The molecule has 0 saturated heterocycles. The van der Waals surface area contributed by atoms with Gasteiger partial charge in [-0.3, -0.25) is 9.36 Å². The monoisotopic (exact) mass is 367 g/mol. The molecule has 134 valence electrons. The lowest BCUT2D eigenvalue weighted by molar-refractivity contribution is -0.120. The number of aromatic nitrogens is 4. The molecule has 2 fully saturated rings. The molecule has 0 radical (unpaired) electrons. The van der Waals surface area contributed by atoms with Gasteiger partial charge in [0.15, 0.2) is 11.0 Å². The van der Waals surface area contributed by atoms with Crippen molar-refractivity contribution >= 4 is 28.6 Å². The number of thioether (sulfide) groups is 1. The number of benzene rings is 1. The lowest BCUT2D eigenvalue weighted by Crippen LogP contribution is -2.32. The first-order chi connectivity index (χ1) is 12.7. The standard InChI is InChI=1S/C19H21N5OS/c1-11(18(25)21-12-6-7-12)26-19-23-22-17(24(19)13-8-9-13)15-10-20-16-5-3-2-4-14(15)16/h2-5,10-13,20H,6-9H2,1H3,(H,21,25). The van der Waals surface area contributed by atoms with E-state index in [0.717, 1.165) is 53.1 Å². The van der Waals surface area contributed by atoms with Crippen molar-refractivity contribution in [2.75, 3.05) is 0 Å². The Kier molecular flexibility index (Phi) is 3.77. The van der Waals surface area contributed by atoms with Crippen LogP contribution in [0.4, 0.5) is 0 Å². The summed E-state index contributed by atoms with van der Waals surface area (Å²) in [6.45, 7) is 1.94. The van der Waals surface area contributed by atoms with Gasteiger partial charge < -0.3 is 10.3 Å². The molecule has 7 heteroatoms.